The van der Waals surface area contributed by atoms with Crippen molar-refractivity contribution in [2.75, 3.05) is 5.75 Å². The van der Waals surface area contributed by atoms with E-state index < -0.39 is 0 Å². The van der Waals surface area contributed by atoms with Crippen LogP contribution < -0.4 is 0 Å². The molecule has 1 aliphatic heterocycles. The number of hydrogen-bond acceptors (Lipinski definition) is 1. The average Bonchev–Trinajstić information content (AvgIpc) is 2.49. The predicted molar refractivity (Wildman–Crippen MR) is 84.5 cm³/mol. The van der Waals surface area contributed by atoms with Gasteiger partial charge in [-0.1, -0.05) is 67.6 Å². The summed E-state index contributed by atoms with van der Waals surface area (Å²) in [6.07, 6.45) is 2.58. The molecule has 1 saturated heterocycles. The van der Waals surface area contributed by atoms with Crippen LogP contribution in [0, 0.1) is 5.92 Å². The summed E-state index contributed by atoms with van der Waals surface area (Å²) in [6, 6.07) is 22.0. The molecule has 1 fully saturated rings. The lowest BCUT2D eigenvalue weighted by Gasteiger charge is -2.40. The minimum atomic E-state index is 0.153. The first kappa shape index (κ1) is 12.8. The van der Waals surface area contributed by atoms with E-state index in [0.29, 0.717) is 0 Å². The summed E-state index contributed by atoms with van der Waals surface area (Å²) in [7, 11) is 0. The molecule has 2 aromatic rings. The van der Waals surface area contributed by atoms with Gasteiger partial charge in [0.25, 0.3) is 0 Å². The first-order valence-electron chi connectivity index (χ1n) is 7.06. The zero-order valence-electron chi connectivity index (χ0n) is 11.4. The monoisotopic (exact) mass is 268 g/mol. The van der Waals surface area contributed by atoms with Crippen molar-refractivity contribution in [3.63, 3.8) is 0 Å². The highest BCUT2D eigenvalue weighted by atomic mass is 32.2. The molecule has 1 heteroatoms. The fraction of sp³-hybridized carbons (Fsp3) is 0.333. The van der Waals surface area contributed by atoms with E-state index in [0.717, 1.165) is 5.92 Å². The molecule has 3 rings (SSSR count). The SMILES string of the molecule is CC1CCSC(c2ccccc2)(c2ccccc2)C1. The summed E-state index contributed by atoms with van der Waals surface area (Å²) >= 11 is 2.12. The second-order valence-electron chi connectivity index (χ2n) is 5.51. The van der Waals surface area contributed by atoms with E-state index in [1.807, 2.05) is 0 Å². The molecule has 0 saturated carbocycles. The Morgan fingerprint density at radius 1 is 0.895 bits per heavy atom. The van der Waals surface area contributed by atoms with Crippen molar-refractivity contribution in [3.05, 3.63) is 71.8 Å². The molecule has 19 heavy (non-hydrogen) atoms. The van der Waals surface area contributed by atoms with Gasteiger partial charge in [-0.05, 0) is 35.6 Å². The van der Waals surface area contributed by atoms with Gasteiger partial charge >= 0.3 is 0 Å². The predicted octanol–water partition coefficient (Wildman–Crippen LogP) is 5.09. The van der Waals surface area contributed by atoms with E-state index >= 15 is 0 Å². The Bertz CT molecular complexity index is 478. The van der Waals surface area contributed by atoms with Crippen molar-refractivity contribution in [3.8, 4) is 0 Å². The number of thioether (sulfide) groups is 1. The highest BCUT2D eigenvalue weighted by Crippen LogP contribution is 2.51. The van der Waals surface area contributed by atoms with Crippen LogP contribution in [-0.2, 0) is 4.75 Å². The van der Waals surface area contributed by atoms with Gasteiger partial charge in [-0.15, -0.1) is 11.8 Å². The lowest BCUT2D eigenvalue weighted by Crippen LogP contribution is -2.30. The van der Waals surface area contributed by atoms with Gasteiger partial charge in [-0.3, -0.25) is 0 Å². The zero-order valence-corrected chi connectivity index (χ0v) is 12.2. The standard InChI is InChI=1S/C18H20S/c1-15-12-13-19-18(14-15,16-8-4-2-5-9-16)17-10-6-3-7-11-17/h2-11,15H,12-14H2,1H3. The molecule has 1 aliphatic rings. The first-order valence-corrected chi connectivity index (χ1v) is 8.05. The van der Waals surface area contributed by atoms with Crippen LogP contribution >= 0.6 is 11.8 Å². The Labute approximate surface area is 120 Å². The summed E-state index contributed by atoms with van der Waals surface area (Å²) in [5, 5.41) is 0. The molecule has 0 spiro atoms. The summed E-state index contributed by atoms with van der Waals surface area (Å²) < 4.78 is 0.153. The van der Waals surface area contributed by atoms with Crippen LogP contribution in [0.15, 0.2) is 60.7 Å². The fourth-order valence-electron chi connectivity index (χ4n) is 3.07. The van der Waals surface area contributed by atoms with E-state index in [9.17, 15) is 0 Å². The van der Waals surface area contributed by atoms with Crippen LogP contribution in [0.2, 0.25) is 0 Å². The van der Waals surface area contributed by atoms with Crippen LogP contribution in [0.1, 0.15) is 30.9 Å². The molecule has 1 atom stereocenters. The van der Waals surface area contributed by atoms with Crippen LogP contribution in [-0.4, -0.2) is 5.75 Å². The number of hydrogen-bond donors (Lipinski definition) is 0. The second kappa shape index (κ2) is 5.42. The van der Waals surface area contributed by atoms with Crippen LogP contribution in [0.3, 0.4) is 0 Å². The highest BCUT2D eigenvalue weighted by molar-refractivity contribution is 8.00. The molecule has 98 valence electrons. The third-order valence-electron chi connectivity index (χ3n) is 4.08. The molecule has 1 heterocycles. The Morgan fingerprint density at radius 2 is 1.42 bits per heavy atom. The Hall–Kier alpha value is -1.21. The molecular weight excluding hydrogens is 248 g/mol. The van der Waals surface area contributed by atoms with Gasteiger partial charge < -0.3 is 0 Å². The lowest BCUT2D eigenvalue weighted by atomic mass is 9.82. The van der Waals surface area contributed by atoms with Crippen molar-refractivity contribution in [2.24, 2.45) is 5.92 Å². The van der Waals surface area contributed by atoms with Gasteiger partial charge in [0.1, 0.15) is 0 Å². The molecule has 0 nitrogen and oxygen atoms in total. The minimum Gasteiger partial charge on any atom is -0.145 e. The minimum absolute atomic E-state index is 0.153. The Kier molecular flexibility index (Phi) is 3.65. The lowest BCUT2D eigenvalue weighted by molar-refractivity contribution is 0.446. The molecule has 0 aromatic heterocycles. The third-order valence-corrected chi connectivity index (χ3v) is 5.65. The highest BCUT2D eigenvalue weighted by Gasteiger charge is 2.38. The zero-order chi connectivity index (χ0) is 13.1. The largest absolute Gasteiger partial charge is 0.145 e. The Balaban J connectivity index is 2.11. The van der Waals surface area contributed by atoms with Crippen LogP contribution in [0.5, 0.6) is 0 Å². The maximum Gasteiger partial charge on any atom is 0.0659 e. The van der Waals surface area contributed by atoms with Gasteiger partial charge in [-0.2, -0.15) is 0 Å². The molecule has 0 radical (unpaired) electrons. The van der Waals surface area contributed by atoms with Gasteiger partial charge in [0.05, 0.1) is 4.75 Å². The molecule has 0 bridgehead atoms. The molecule has 1 unspecified atom stereocenters. The molecule has 0 aliphatic carbocycles. The Morgan fingerprint density at radius 3 is 1.89 bits per heavy atom. The topological polar surface area (TPSA) is 0 Å². The maximum absolute atomic E-state index is 2.39. The molecule has 0 N–H and O–H groups in total. The van der Waals surface area contributed by atoms with Gasteiger partial charge in [0.15, 0.2) is 0 Å². The number of rotatable bonds is 2. The summed E-state index contributed by atoms with van der Waals surface area (Å²) in [5.74, 6) is 2.05. The molecule has 2 aromatic carbocycles. The van der Waals surface area contributed by atoms with Crippen molar-refractivity contribution in [2.45, 2.75) is 24.5 Å². The average molecular weight is 268 g/mol. The summed E-state index contributed by atoms with van der Waals surface area (Å²) in [5.41, 5.74) is 2.91. The smallest absolute Gasteiger partial charge is 0.0659 e. The van der Waals surface area contributed by atoms with Gasteiger partial charge in [0.2, 0.25) is 0 Å². The van der Waals surface area contributed by atoms with Crippen LogP contribution in [0.25, 0.3) is 0 Å². The van der Waals surface area contributed by atoms with E-state index in [-0.39, 0.29) is 4.75 Å². The quantitative estimate of drug-likeness (QED) is 0.730. The van der Waals surface area contributed by atoms with Gasteiger partial charge in [-0.25, -0.2) is 0 Å². The summed E-state index contributed by atoms with van der Waals surface area (Å²) in [6.45, 7) is 2.39. The molecule has 0 amide bonds. The first-order chi connectivity index (χ1) is 9.31. The third kappa shape index (κ3) is 2.44. The maximum atomic E-state index is 2.39. The van der Waals surface area contributed by atoms with Gasteiger partial charge in [0, 0.05) is 0 Å². The molecular formula is C18H20S. The van der Waals surface area contributed by atoms with E-state index in [4.69, 9.17) is 0 Å². The number of benzene rings is 2. The van der Waals surface area contributed by atoms with Crippen molar-refractivity contribution < 1.29 is 0 Å². The fourth-order valence-corrected chi connectivity index (χ4v) is 4.95. The van der Waals surface area contributed by atoms with Crippen molar-refractivity contribution >= 4 is 11.8 Å². The van der Waals surface area contributed by atoms with Crippen LogP contribution in [0.4, 0.5) is 0 Å². The summed E-state index contributed by atoms with van der Waals surface area (Å²) in [4.78, 5) is 0. The normalized spacial score (nSPS) is 22.1. The van der Waals surface area contributed by atoms with Crippen molar-refractivity contribution in [1.29, 1.82) is 0 Å². The van der Waals surface area contributed by atoms with E-state index in [1.165, 1.54) is 29.7 Å². The second-order valence-corrected chi connectivity index (χ2v) is 6.90. The van der Waals surface area contributed by atoms with Crippen molar-refractivity contribution in [1.82, 2.24) is 0 Å². The van der Waals surface area contributed by atoms with E-state index in [1.54, 1.807) is 0 Å². The van der Waals surface area contributed by atoms with E-state index in [2.05, 4.69) is 79.3 Å².